The number of aliphatic carboxylic acids is 1. The van der Waals surface area contributed by atoms with Crippen LogP contribution in [0, 0.1) is 11.8 Å². The minimum absolute atomic E-state index is 0.0553. The zero-order valence-electron chi connectivity index (χ0n) is 40.5. The van der Waals surface area contributed by atoms with Crippen molar-refractivity contribution < 1.29 is 57.6 Å². The van der Waals surface area contributed by atoms with Crippen LogP contribution in [-0.4, -0.2) is 73.5 Å². The number of carboxylic acid groups (broad SMARTS) is 1. The molecule has 0 aromatic carbocycles. The van der Waals surface area contributed by atoms with E-state index in [2.05, 4.69) is 27.7 Å². The molecule has 12 nitrogen and oxygen atoms in total. The number of carbonyl (C=O) groups is 6. The lowest BCUT2D eigenvalue weighted by Crippen LogP contribution is -2.31. The van der Waals surface area contributed by atoms with Crippen molar-refractivity contribution in [3.8, 4) is 0 Å². The molecule has 0 saturated heterocycles. The van der Waals surface area contributed by atoms with Crippen LogP contribution in [0.1, 0.15) is 246 Å². The highest BCUT2D eigenvalue weighted by Gasteiger charge is 2.22. The van der Waals surface area contributed by atoms with Gasteiger partial charge in [0.05, 0.1) is 37.9 Å². The smallest absolute Gasteiger partial charge is 0.308 e. The van der Waals surface area contributed by atoms with Crippen molar-refractivity contribution in [1.82, 2.24) is 0 Å². The Morgan fingerprint density at radius 3 is 1.10 bits per heavy atom. The molecule has 1 N–H and O–H groups in total. The molecule has 0 aromatic heterocycles. The van der Waals surface area contributed by atoms with E-state index in [1.165, 1.54) is 64.2 Å². The highest BCUT2D eigenvalue weighted by Crippen LogP contribution is 2.22. The molecule has 0 aliphatic carbocycles. The van der Waals surface area contributed by atoms with Crippen molar-refractivity contribution >= 4 is 35.8 Å². The molecule has 0 saturated carbocycles. The fraction of sp³-hybridized carbons (Fsp3) is 0.882. The predicted molar refractivity (Wildman–Crippen MR) is 248 cm³/mol. The van der Waals surface area contributed by atoms with Gasteiger partial charge in [0.1, 0.15) is 13.2 Å². The van der Waals surface area contributed by atoms with E-state index in [1.54, 1.807) is 0 Å². The van der Waals surface area contributed by atoms with Gasteiger partial charge in [-0.3, -0.25) is 28.8 Å². The fourth-order valence-corrected chi connectivity index (χ4v) is 7.50. The zero-order valence-corrected chi connectivity index (χ0v) is 40.5. The standard InChI is InChI=1S/C51H92O12/c1-5-9-13-17-19-25-33-43(31-23-15-11-7-3)50(57)59-39-29-21-27-35-47(54)61-41-45(42-62-48(55)38-37-46(52)53)63-49(56)36-28-22-30-40-60-51(58)44(32-24-16-12-8-4)34-26-20-18-14-10-6-2/h43-45H,5-42H2,1-4H3,(H,52,53)/t43?,44?,45-/m1/s1. The second kappa shape index (κ2) is 44.0. The molecule has 12 heteroatoms. The van der Waals surface area contributed by atoms with Gasteiger partial charge in [-0.25, -0.2) is 0 Å². The first-order chi connectivity index (χ1) is 30.6. The molecule has 0 aromatic rings. The monoisotopic (exact) mass is 897 g/mol. The Morgan fingerprint density at radius 1 is 0.365 bits per heavy atom. The van der Waals surface area contributed by atoms with Crippen molar-refractivity contribution in [2.24, 2.45) is 11.8 Å². The minimum Gasteiger partial charge on any atom is -0.481 e. The molecule has 0 aliphatic rings. The molecule has 0 bridgehead atoms. The molecular formula is C51H92O12. The third kappa shape index (κ3) is 39.0. The average molecular weight is 897 g/mol. The Labute approximate surface area is 382 Å². The fourth-order valence-electron chi connectivity index (χ4n) is 7.50. The van der Waals surface area contributed by atoms with Crippen LogP contribution in [0.5, 0.6) is 0 Å². The van der Waals surface area contributed by atoms with E-state index >= 15 is 0 Å². The van der Waals surface area contributed by atoms with Crippen LogP contribution in [0.2, 0.25) is 0 Å². The van der Waals surface area contributed by atoms with Crippen molar-refractivity contribution in [1.29, 1.82) is 0 Å². The summed E-state index contributed by atoms with van der Waals surface area (Å²) in [5.74, 6) is -3.30. The van der Waals surface area contributed by atoms with E-state index in [0.29, 0.717) is 51.7 Å². The topological polar surface area (TPSA) is 169 Å². The summed E-state index contributed by atoms with van der Waals surface area (Å²) in [5, 5.41) is 8.88. The maximum atomic E-state index is 13.0. The van der Waals surface area contributed by atoms with Crippen LogP contribution in [0.25, 0.3) is 0 Å². The van der Waals surface area contributed by atoms with Gasteiger partial charge >= 0.3 is 35.8 Å². The lowest BCUT2D eigenvalue weighted by Gasteiger charge is -2.18. The number of unbranched alkanes of at least 4 members (excludes halogenated alkanes) is 20. The van der Waals surface area contributed by atoms with E-state index in [-0.39, 0.29) is 56.3 Å². The second-order valence-corrected chi connectivity index (χ2v) is 17.5. The molecule has 0 heterocycles. The first kappa shape index (κ1) is 59.8. The molecule has 0 fully saturated rings. The van der Waals surface area contributed by atoms with Gasteiger partial charge < -0.3 is 28.8 Å². The van der Waals surface area contributed by atoms with E-state index < -0.39 is 36.4 Å². The number of rotatable bonds is 46. The van der Waals surface area contributed by atoms with Crippen molar-refractivity contribution in [2.75, 3.05) is 26.4 Å². The quantitative estimate of drug-likeness (QED) is 0.0349. The second-order valence-electron chi connectivity index (χ2n) is 17.5. The molecule has 63 heavy (non-hydrogen) atoms. The Morgan fingerprint density at radius 2 is 0.698 bits per heavy atom. The Balaban J connectivity index is 4.76. The number of carbonyl (C=O) groups excluding carboxylic acids is 5. The summed E-state index contributed by atoms with van der Waals surface area (Å²) < 4.78 is 27.4. The summed E-state index contributed by atoms with van der Waals surface area (Å²) in [6, 6.07) is 0. The number of carboxylic acids is 1. The third-order valence-corrected chi connectivity index (χ3v) is 11.5. The van der Waals surface area contributed by atoms with Gasteiger partial charge in [-0.05, 0) is 64.2 Å². The molecule has 3 atom stereocenters. The third-order valence-electron chi connectivity index (χ3n) is 11.5. The summed E-state index contributed by atoms with van der Waals surface area (Å²) in [5.41, 5.74) is 0. The van der Waals surface area contributed by atoms with Gasteiger partial charge in [0.15, 0.2) is 6.10 Å². The Bertz CT molecular complexity index is 1160. The Kier molecular flexibility index (Phi) is 41.8. The van der Waals surface area contributed by atoms with E-state index in [1.807, 2.05) is 0 Å². The number of ether oxygens (including phenoxy) is 5. The molecule has 2 unspecified atom stereocenters. The first-order valence-electron chi connectivity index (χ1n) is 25.6. The molecular weight excluding hydrogens is 805 g/mol. The van der Waals surface area contributed by atoms with Gasteiger partial charge in [-0.15, -0.1) is 0 Å². The highest BCUT2D eigenvalue weighted by molar-refractivity contribution is 5.76. The van der Waals surface area contributed by atoms with E-state index in [4.69, 9.17) is 28.8 Å². The average Bonchev–Trinajstić information content (AvgIpc) is 3.26. The number of hydrogen-bond donors (Lipinski definition) is 1. The predicted octanol–water partition coefficient (Wildman–Crippen LogP) is 12.7. The maximum absolute atomic E-state index is 13.0. The van der Waals surface area contributed by atoms with Gasteiger partial charge in [0, 0.05) is 12.8 Å². The van der Waals surface area contributed by atoms with Crippen LogP contribution >= 0.6 is 0 Å². The van der Waals surface area contributed by atoms with E-state index in [0.717, 1.165) is 89.9 Å². The molecule has 0 spiro atoms. The summed E-state index contributed by atoms with van der Waals surface area (Å²) in [6.45, 7) is 8.68. The summed E-state index contributed by atoms with van der Waals surface area (Å²) in [4.78, 5) is 74.2. The van der Waals surface area contributed by atoms with Crippen molar-refractivity contribution in [3.05, 3.63) is 0 Å². The molecule has 0 rings (SSSR count). The van der Waals surface area contributed by atoms with Crippen LogP contribution in [-0.2, 0) is 52.5 Å². The summed E-state index contributed by atoms with van der Waals surface area (Å²) in [6.07, 6.45) is 28.7. The van der Waals surface area contributed by atoms with Crippen LogP contribution < -0.4 is 0 Å². The lowest BCUT2D eigenvalue weighted by molar-refractivity contribution is -0.167. The summed E-state index contributed by atoms with van der Waals surface area (Å²) >= 11 is 0. The summed E-state index contributed by atoms with van der Waals surface area (Å²) in [7, 11) is 0. The minimum atomic E-state index is -1.14. The van der Waals surface area contributed by atoms with Gasteiger partial charge in [0.2, 0.25) is 0 Å². The maximum Gasteiger partial charge on any atom is 0.308 e. The SMILES string of the molecule is CCCCCCCCC(CCCCCC)C(=O)OCCCCCC(=O)OC[C@H](COC(=O)CCC(=O)O)OC(=O)CCCCCOC(=O)C(CCCCCC)CCCCCCCC. The van der Waals surface area contributed by atoms with Crippen molar-refractivity contribution in [2.45, 2.75) is 252 Å². The van der Waals surface area contributed by atoms with Crippen molar-refractivity contribution in [3.63, 3.8) is 0 Å². The van der Waals surface area contributed by atoms with Crippen LogP contribution in [0.4, 0.5) is 0 Å². The lowest BCUT2D eigenvalue weighted by atomic mass is 9.94. The molecule has 0 aliphatic heterocycles. The number of hydrogen-bond acceptors (Lipinski definition) is 11. The molecule has 368 valence electrons. The van der Waals surface area contributed by atoms with Gasteiger partial charge in [-0.1, -0.05) is 156 Å². The zero-order chi connectivity index (χ0) is 46.6. The molecule has 0 radical (unpaired) electrons. The van der Waals surface area contributed by atoms with Gasteiger partial charge in [-0.2, -0.15) is 0 Å². The normalized spacial score (nSPS) is 12.6. The van der Waals surface area contributed by atoms with Gasteiger partial charge in [0.25, 0.3) is 0 Å². The molecule has 0 amide bonds. The largest absolute Gasteiger partial charge is 0.481 e. The first-order valence-corrected chi connectivity index (χ1v) is 25.6. The van der Waals surface area contributed by atoms with Crippen LogP contribution in [0.15, 0.2) is 0 Å². The van der Waals surface area contributed by atoms with Crippen LogP contribution in [0.3, 0.4) is 0 Å². The highest BCUT2D eigenvalue weighted by atomic mass is 16.6. The Hall–Kier alpha value is -3.18. The number of esters is 5. The van der Waals surface area contributed by atoms with E-state index in [9.17, 15) is 28.8 Å².